The Bertz CT molecular complexity index is 890. The number of carbonyl (C=O) groups excluding carboxylic acids is 3. The average Bonchev–Trinajstić information content (AvgIpc) is 2.79. The number of amides is 3. The highest BCUT2D eigenvalue weighted by atomic mass is 16.2. The lowest BCUT2D eigenvalue weighted by molar-refractivity contribution is -0.114. The van der Waals surface area contributed by atoms with E-state index in [0.717, 1.165) is 25.9 Å². The molecule has 1 aliphatic rings. The van der Waals surface area contributed by atoms with E-state index in [-0.39, 0.29) is 24.3 Å². The number of hydrogen-bond donors (Lipinski definition) is 3. The van der Waals surface area contributed by atoms with Crippen molar-refractivity contribution in [2.24, 2.45) is 0 Å². The van der Waals surface area contributed by atoms with E-state index in [2.05, 4.69) is 16.0 Å². The molecule has 7 heteroatoms. The zero-order chi connectivity index (χ0) is 21.3. The number of nitrogens with one attached hydrogen (secondary N) is 3. The molecule has 1 aliphatic heterocycles. The summed E-state index contributed by atoms with van der Waals surface area (Å²) in [6, 6.07) is 14.0. The van der Waals surface area contributed by atoms with Crippen LogP contribution in [0.3, 0.4) is 0 Å². The van der Waals surface area contributed by atoms with E-state index in [1.54, 1.807) is 48.5 Å². The lowest BCUT2D eigenvalue weighted by Crippen LogP contribution is -2.35. The summed E-state index contributed by atoms with van der Waals surface area (Å²) in [5, 5.41) is 8.58. The summed E-state index contributed by atoms with van der Waals surface area (Å²) in [5.74, 6) is -0.320. The minimum atomic E-state index is -0.214. The third kappa shape index (κ3) is 5.83. The number of nitrogens with zero attached hydrogens (tertiary/aromatic N) is 1. The SMILES string of the molecule is CCNC(=O)c1cccc(NCC(=O)Nc2ccc(C(=O)N3CCCCC3)cc2)c1. The number of piperidine rings is 1. The summed E-state index contributed by atoms with van der Waals surface area (Å²) in [7, 11) is 0. The molecule has 0 aliphatic carbocycles. The molecule has 0 bridgehead atoms. The van der Waals surface area contributed by atoms with Crippen molar-refractivity contribution in [3.05, 3.63) is 59.7 Å². The van der Waals surface area contributed by atoms with Crippen molar-refractivity contribution < 1.29 is 14.4 Å². The molecule has 0 spiro atoms. The van der Waals surface area contributed by atoms with Gasteiger partial charge in [-0.2, -0.15) is 0 Å². The van der Waals surface area contributed by atoms with Gasteiger partial charge in [0.1, 0.15) is 0 Å². The van der Waals surface area contributed by atoms with Crippen molar-refractivity contribution in [3.8, 4) is 0 Å². The molecular formula is C23H28N4O3. The number of anilines is 2. The van der Waals surface area contributed by atoms with Crippen LogP contribution in [0.5, 0.6) is 0 Å². The van der Waals surface area contributed by atoms with Gasteiger partial charge in [0.25, 0.3) is 11.8 Å². The van der Waals surface area contributed by atoms with E-state index in [9.17, 15) is 14.4 Å². The van der Waals surface area contributed by atoms with Crippen molar-refractivity contribution >= 4 is 29.1 Å². The highest BCUT2D eigenvalue weighted by molar-refractivity contribution is 5.97. The summed E-state index contributed by atoms with van der Waals surface area (Å²) < 4.78 is 0. The van der Waals surface area contributed by atoms with Crippen LogP contribution in [0.4, 0.5) is 11.4 Å². The maximum atomic E-state index is 12.5. The largest absolute Gasteiger partial charge is 0.376 e. The van der Waals surface area contributed by atoms with Crippen molar-refractivity contribution in [3.63, 3.8) is 0 Å². The number of carbonyl (C=O) groups is 3. The van der Waals surface area contributed by atoms with Gasteiger partial charge in [-0.25, -0.2) is 0 Å². The Labute approximate surface area is 176 Å². The molecule has 158 valence electrons. The summed E-state index contributed by atoms with van der Waals surface area (Å²) in [6.07, 6.45) is 3.29. The monoisotopic (exact) mass is 408 g/mol. The van der Waals surface area contributed by atoms with Crippen LogP contribution in [0.2, 0.25) is 0 Å². The Morgan fingerprint density at radius 1 is 0.900 bits per heavy atom. The minimum Gasteiger partial charge on any atom is -0.376 e. The van der Waals surface area contributed by atoms with Crippen molar-refractivity contribution in [1.82, 2.24) is 10.2 Å². The Balaban J connectivity index is 1.51. The van der Waals surface area contributed by atoms with Gasteiger partial charge in [0, 0.05) is 42.1 Å². The summed E-state index contributed by atoms with van der Waals surface area (Å²) in [5.41, 5.74) is 2.50. The second-order valence-corrected chi connectivity index (χ2v) is 7.27. The highest BCUT2D eigenvalue weighted by Crippen LogP contribution is 2.16. The predicted octanol–water partition coefficient (Wildman–Crippen LogP) is 3.11. The van der Waals surface area contributed by atoms with Gasteiger partial charge < -0.3 is 20.9 Å². The second kappa shape index (κ2) is 10.4. The van der Waals surface area contributed by atoms with Crippen molar-refractivity contribution in [2.45, 2.75) is 26.2 Å². The fourth-order valence-corrected chi connectivity index (χ4v) is 3.40. The Morgan fingerprint density at radius 3 is 2.33 bits per heavy atom. The lowest BCUT2D eigenvalue weighted by Gasteiger charge is -2.26. The van der Waals surface area contributed by atoms with Gasteiger partial charge in [0.05, 0.1) is 6.54 Å². The maximum Gasteiger partial charge on any atom is 0.253 e. The van der Waals surface area contributed by atoms with Crippen LogP contribution < -0.4 is 16.0 Å². The minimum absolute atomic E-state index is 0.0428. The molecule has 1 fully saturated rings. The van der Waals surface area contributed by atoms with E-state index in [4.69, 9.17) is 0 Å². The van der Waals surface area contributed by atoms with E-state index in [0.29, 0.717) is 29.0 Å². The van der Waals surface area contributed by atoms with Crippen molar-refractivity contribution in [2.75, 3.05) is 36.8 Å². The van der Waals surface area contributed by atoms with Gasteiger partial charge in [-0.3, -0.25) is 14.4 Å². The summed E-state index contributed by atoms with van der Waals surface area (Å²) in [6.45, 7) is 4.10. The molecule has 7 nitrogen and oxygen atoms in total. The van der Waals surface area contributed by atoms with Crippen LogP contribution in [0.25, 0.3) is 0 Å². The number of hydrogen-bond acceptors (Lipinski definition) is 4. The van der Waals surface area contributed by atoms with E-state index in [1.807, 2.05) is 11.8 Å². The zero-order valence-corrected chi connectivity index (χ0v) is 17.2. The van der Waals surface area contributed by atoms with Crippen LogP contribution in [-0.4, -0.2) is 48.8 Å². The Kier molecular flexibility index (Phi) is 7.43. The van der Waals surface area contributed by atoms with E-state index >= 15 is 0 Å². The predicted molar refractivity (Wildman–Crippen MR) is 118 cm³/mol. The fraction of sp³-hybridized carbons (Fsp3) is 0.348. The second-order valence-electron chi connectivity index (χ2n) is 7.27. The number of likely N-dealkylation sites (tertiary alicyclic amines) is 1. The fourth-order valence-electron chi connectivity index (χ4n) is 3.40. The quantitative estimate of drug-likeness (QED) is 0.657. The van der Waals surface area contributed by atoms with E-state index < -0.39 is 0 Å². The molecule has 0 unspecified atom stereocenters. The molecule has 3 rings (SSSR count). The number of rotatable bonds is 7. The van der Waals surface area contributed by atoms with E-state index in [1.165, 1.54) is 6.42 Å². The average molecular weight is 409 g/mol. The topological polar surface area (TPSA) is 90.5 Å². The van der Waals surface area contributed by atoms with Gasteiger partial charge in [-0.1, -0.05) is 6.07 Å². The molecule has 1 saturated heterocycles. The van der Waals surface area contributed by atoms with Gasteiger partial charge in [0.2, 0.25) is 5.91 Å². The summed E-state index contributed by atoms with van der Waals surface area (Å²) >= 11 is 0. The molecular weight excluding hydrogens is 380 g/mol. The smallest absolute Gasteiger partial charge is 0.253 e. The van der Waals surface area contributed by atoms with Crippen LogP contribution in [0, 0.1) is 0 Å². The van der Waals surface area contributed by atoms with Crippen LogP contribution in [-0.2, 0) is 4.79 Å². The molecule has 0 saturated carbocycles. The van der Waals surface area contributed by atoms with Crippen molar-refractivity contribution in [1.29, 1.82) is 0 Å². The molecule has 2 aromatic carbocycles. The lowest BCUT2D eigenvalue weighted by atomic mass is 10.1. The third-order valence-electron chi connectivity index (χ3n) is 4.97. The summed E-state index contributed by atoms with van der Waals surface area (Å²) in [4.78, 5) is 38.5. The number of benzene rings is 2. The first-order valence-electron chi connectivity index (χ1n) is 10.4. The molecule has 1 heterocycles. The molecule has 3 amide bonds. The molecule has 0 atom stereocenters. The first-order chi connectivity index (χ1) is 14.6. The van der Waals surface area contributed by atoms with Gasteiger partial charge in [-0.05, 0) is 68.7 Å². The molecule has 0 aromatic heterocycles. The standard InChI is InChI=1S/C23H28N4O3/c1-2-24-22(29)18-7-6-8-20(15-18)25-16-21(28)26-19-11-9-17(10-12-19)23(30)27-13-4-3-5-14-27/h6-12,15,25H,2-5,13-14,16H2,1H3,(H,24,29)(H,26,28). The van der Waals surface area contributed by atoms with Gasteiger partial charge in [-0.15, -0.1) is 0 Å². The van der Waals surface area contributed by atoms with Crippen LogP contribution >= 0.6 is 0 Å². The molecule has 30 heavy (non-hydrogen) atoms. The maximum absolute atomic E-state index is 12.5. The first-order valence-corrected chi connectivity index (χ1v) is 10.4. The molecule has 3 N–H and O–H groups in total. The normalized spacial score (nSPS) is 13.4. The Morgan fingerprint density at radius 2 is 1.63 bits per heavy atom. The Hall–Kier alpha value is -3.35. The highest BCUT2D eigenvalue weighted by Gasteiger charge is 2.18. The molecule has 2 aromatic rings. The van der Waals surface area contributed by atoms with Gasteiger partial charge in [0.15, 0.2) is 0 Å². The molecule has 0 radical (unpaired) electrons. The first kappa shape index (κ1) is 21.4. The van der Waals surface area contributed by atoms with Gasteiger partial charge >= 0.3 is 0 Å². The zero-order valence-electron chi connectivity index (χ0n) is 17.2. The van der Waals surface area contributed by atoms with Crippen LogP contribution in [0.1, 0.15) is 46.9 Å². The van der Waals surface area contributed by atoms with Crippen LogP contribution in [0.15, 0.2) is 48.5 Å². The third-order valence-corrected chi connectivity index (χ3v) is 4.97.